The molecule has 0 radical (unpaired) electrons. The summed E-state index contributed by atoms with van der Waals surface area (Å²) in [6, 6.07) is 16.0. The fourth-order valence-electron chi connectivity index (χ4n) is 5.32. The molecule has 3 aliphatic rings. The monoisotopic (exact) mass is 362 g/mol. The van der Waals surface area contributed by atoms with Crippen LogP contribution in [0, 0.1) is 12.8 Å². The van der Waals surface area contributed by atoms with Crippen molar-refractivity contribution in [3.05, 3.63) is 65.2 Å². The first-order valence-corrected chi connectivity index (χ1v) is 9.40. The third-order valence-electron chi connectivity index (χ3n) is 6.42. The number of hydrogen-bond acceptors (Lipinski definition) is 3. The Bertz CT molecular complexity index is 942. The van der Waals surface area contributed by atoms with E-state index in [0.717, 1.165) is 22.4 Å². The summed E-state index contributed by atoms with van der Waals surface area (Å²) in [6.45, 7) is 4.50. The summed E-state index contributed by atoms with van der Waals surface area (Å²) in [5, 5.41) is 2.82. The predicted octanol–water partition coefficient (Wildman–Crippen LogP) is 2.56. The van der Waals surface area contributed by atoms with E-state index in [9.17, 15) is 9.59 Å². The highest BCUT2D eigenvalue weighted by Crippen LogP contribution is 2.59. The fraction of sp³-hybridized carbons (Fsp3) is 0.364. The van der Waals surface area contributed by atoms with Crippen molar-refractivity contribution in [3.8, 4) is 5.75 Å². The summed E-state index contributed by atoms with van der Waals surface area (Å²) in [6.07, 6.45) is 0. The number of amides is 2. The molecule has 4 atom stereocenters. The van der Waals surface area contributed by atoms with Gasteiger partial charge in [-0.1, -0.05) is 48.0 Å². The van der Waals surface area contributed by atoms with Gasteiger partial charge in [0.1, 0.15) is 11.3 Å². The maximum absolute atomic E-state index is 13.1. The molecule has 0 spiro atoms. The average Bonchev–Trinajstić information content (AvgIpc) is 2.96. The largest absolute Gasteiger partial charge is 0.493 e. The van der Waals surface area contributed by atoms with E-state index in [2.05, 4.69) is 23.5 Å². The van der Waals surface area contributed by atoms with Crippen LogP contribution >= 0.6 is 0 Å². The molecule has 2 aromatic rings. The zero-order valence-electron chi connectivity index (χ0n) is 15.4. The third-order valence-corrected chi connectivity index (χ3v) is 6.42. The van der Waals surface area contributed by atoms with Crippen molar-refractivity contribution < 1.29 is 14.3 Å². The predicted molar refractivity (Wildman–Crippen MR) is 100 cm³/mol. The van der Waals surface area contributed by atoms with Crippen molar-refractivity contribution in [2.45, 2.75) is 31.3 Å². The number of rotatable bonds is 1. The lowest BCUT2D eigenvalue weighted by atomic mass is 9.73. The Hall–Kier alpha value is -2.82. The van der Waals surface area contributed by atoms with E-state index in [4.69, 9.17) is 4.74 Å². The summed E-state index contributed by atoms with van der Waals surface area (Å²) in [4.78, 5) is 28.0. The van der Waals surface area contributed by atoms with Gasteiger partial charge in [-0.25, -0.2) is 0 Å². The Balaban J connectivity index is 1.75. The van der Waals surface area contributed by atoms with Gasteiger partial charge in [-0.3, -0.25) is 9.59 Å². The summed E-state index contributed by atoms with van der Waals surface area (Å²) >= 11 is 0. The first-order chi connectivity index (χ1) is 13.0. The van der Waals surface area contributed by atoms with E-state index in [1.165, 1.54) is 0 Å². The van der Waals surface area contributed by atoms with E-state index >= 15 is 0 Å². The van der Waals surface area contributed by atoms with Crippen molar-refractivity contribution in [2.24, 2.45) is 5.92 Å². The number of benzene rings is 2. The van der Waals surface area contributed by atoms with Crippen molar-refractivity contribution in [1.82, 2.24) is 10.2 Å². The Morgan fingerprint density at radius 1 is 1.15 bits per heavy atom. The van der Waals surface area contributed by atoms with E-state index < -0.39 is 5.54 Å². The van der Waals surface area contributed by atoms with Gasteiger partial charge in [0, 0.05) is 17.4 Å². The second-order valence-electron chi connectivity index (χ2n) is 7.94. The lowest BCUT2D eigenvalue weighted by molar-refractivity contribution is -0.152. The van der Waals surface area contributed by atoms with Crippen LogP contribution in [0.1, 0.15) is 35.6 Å². The molecule has 27 heavy (non-hydrogen) atoms. The minimum Gasteiger partial charge on any atom is -0.493 e. The van der Waals surface area contributed by atoms with Gasteiger partial charge in [0.2, 0.25) is 11.8 Å². The third kappa shape index (κ3) is 2.11. The first-order valence-electron chi connectivity index (χ1n) is 9.40. The zero-order chi connectivity index (χ0) is 18.8. The Kier molecular flexibility index (Phi) is 3.39. The smallest absolute Gasteiger partial charge is 0.246 e. The Labute approximate surface area is 158 Å². The van der Waals surface area contributed by atoms with Crippen LogP contribution in [-0.2, 0) is 9.59 Å². The summed E-state index contributed by atoms with van der Waals surface area (Å²) < 4.78 is 6.10. The second-order valence-corrected chi connectivity index (χ2v) is 7.94. The number of nitrogens with zero attached hydrogens (tertiary/aromatic N) is 1. The highest BCUT2D eigenvalue weighted by Gasteiger charge is 2.65. The van der Waals surface area contributed by atoms with Gasteiger partial charge in [0.05, 0.1) is 19.2 Å². The number of aryl methyl sites for hydroxylation is 1. The molecular formula is C22H22N2O3. The molecule has 2 fully saturated rings. The molecular weight excluding hydrogens is 340 g/mol. The SMILES string of the molecule is Cc1ccc2c(c1)C1C(CO2)C(c2ccccc2)[C@]2(C)C(=O)NCC(=O)N12. The maximum atomic E-state index is 13.1. The van der Waals surface area contributed by atoms with E-state index in [1.54, 1.807) is 0 Å². The lowest BCUT2D eigenvalue weighted by Crippen LogP contribution is -2.64. The van der Waals surface area contributed by atoms with Crippen molar-refractivity contribution >= 4 is 11.8 Å². The minimum absolute atomic E-state index is 0.0273. The number of ether oxygens (including phenoxy) is 1. The number of carbonyl (C=O) groups is 2. The molecule has 5 rings (SSSR count). The normalized spacial score (nSPS) is 31.5. The van der Waals surface area contributed by atoms with Gasteiger partial charge < -0.3 is 15.0 Å². The van der Waals surface area contributed by atoms with Gasteiger partial charge in [-0.15, -0.1) is 0 Å². The number of hydrogen-bond donors (Lipinski definition) is 1. The molecule has 0 saturated carbocycles. The van der Waals surface area contributed by atoms with Crippen molar-refractivity contribution in [1.29, 1.82) is 0 Å². The molecule has 138 valence electrons. The molecule has 3 heterocycles. The molecule has 5 heteroatoms. The minimum atomic E-state index is -0.930. The van der Waals surface area contributed by atoms with E-state index in [1.807, 2.05) is 49.1 Å². The molecule has 0 aromatic heterocycles. The molecule has 2 saturated heterocycles. The number of piperazine rings is 1. The number of nitrogens with one attached hydrogen (secondary N) is 1. The molecule has 5 nitrogen and oxygen atoms in total. The molecule has 2 amide bonds. The highest BCUT2D eigenvalue weighted by molar-refractivity contribution is 5.99. The standard InChI is InChI=1S/C22H22N2O3/c1-13-8-9-17-15(10-13)20-16(12-27-17)19(14-6-4-3-5-7-14)22(2)21(26)23-11-18(25)24(20)22/h3-10,16,19-20H,11-12H2,1-2H3,(H,23,26)/t16?,19?,20?,22-/m1/s1. The number of fused-ring (bicyclic) bond motifs is 5. The van der Waals surface area contributed by atoms with Gasteiger partial charge in [-0.2, -0.15) is 0 Å². The quantitative estimate of drug-likeness (QED) is 0.848. The molecule has 3 unspecified atom stereocenters. The van der Waals surface area contributed by atoms with Crippen LogP contribution in [0.5, 0.6) is 5.75 Å². The molecule has 3 aliphatic heterocycles. The average molecular weight is 362 g/mol. The van der Waals surface area contributed by atoms with Crippen molar-refractivity contribution in [3.63, 3.8) is 0 Å². The topological polar surface area (TPSA) is 58.6 Å². The summed E-state index contributed by atoms with van der Waals surface area (Å²) in [5.74, 6) is 0.609. The van der Waals surface area contributed by atoms with Crippen LogP contribution < -0.4 is 10.1 Å². The van der Waals surface area contributed by atoms with Gasteiger partial charge >= 0.3 is 0 Å². The van der Waals surface area contributed by atoms with Gasteiger partial charge in [0.25, 0.3) is 0 Å². The first kappa shape index (κ1) is 16.4. The van der Waals surface area contributed by atoms with Crippen molar-refractivity contribution in [2.75, 3.05) is 13.2 Å². The lowest BCUT2D eigenvalue weighted by Gasteiger charge is -2.43. The molecule has 0 aliphatic carbocycles. The van der Waals surface area contributed by atoms with E-state index in [-0.39, 0.29) is 36.2 Å². The van der Waals surface area contributed by atoms with Crippen LogP contribution in [0.25, 0.3) is 0 Å². The van der Waals surface area contributed by atoms with Gasteiger partial charge in [0.15, 0.2) is 0 Å². The van der Waals surface area contributed by atoms with Crippen LogP contribution in [0.4, 0.5) is 0 Å². The van der Waals surface area contributed by atoms with E-state index in [0.29, 0.717) is 6.61 Å². The maximum Gasteiger partial charge on any atom is 0.246 e. The molecule has 2 aromatic carbocycles. The Morgan fingerprint density at radius 2 is 1.93 bits per heavy atom. The van der Waals surface area contributed by atoms with Crippen LogP contribution in [-0.4, -0.2) is 35.4 Å². The van der Waals surface area contributed by atoms with Crippen LogP contribution in [0.2, 0.25) is 0 Å². The summed E-state index contributed by atoms with van der Waals surface area (Å²) in [7, 11) is 0. The Morgan fingerprint density at radius 3 is 2.70 bits per heavy atom. The number of carbonyl (C=O) groups excluding carboxylic acids is 2. The van der Waals surface area contributed by atoms with Crippen LogP contribution in [0.3, 0.4) is 0 Å². The molecule has 1 N–H and O–H groups in total. The highest BCUT2D eigenvalue weighted by atomic mass is 16.5. The van der Waals surface area contributed by atoms with Crippen LogP contribution in [0.15, 0.2) is 48.5 Å². The fourth-order valence-corrected chi connectivity index (χ4v) is 5.32. The second kappa shape index (κ2) is 5.59. The molecule has 0 bridgehead atoms. The summed E-state index contributed by atoms with van der Waals surface area (Å²) in [5.41, 5.74) is 2.28. The zero-order valence-corrected chi connectivity index (χ0v) is 15.4. The van der Waals surface area contributed by atoms with Gasteiger partial charge in [-0.05, 0) is 25.5 Å².